The first kappa shape index (κ1) is 12.9. The van der Waals surface area contributed by atoms with Crippen LogP contribution in [0.1, 0.15) is 22.5 Å². The Morgan fingerprint density at radius 3 is 3.00 bits per heavy atom. The molecular formula is C12H14F2N2O2. The number of alkyl halides is 2. The number of halogens is 2. The molecule has 0 aliphatic carbocycles. The van der Waals surface area contributed by atoms with Crippen LogP contribution in [-0.2, 0) is 11.3 Å². The van der Waals surface area contributed by atoms with Crippen LogP contribution in [0.4, 0.5) is 8.78 Å². The molecule has 2 rings (SSSR count). The molecule has 2 heterocycles. The van der Waals surface area contributed by atoms with Crippen molar-refractivity contribution < 1.29 is 18.3 Å². The van der Waals surface area contributed by atoms with E-state index < -0.39 is 11.9 Å². The van der Waals surface area contributed by atoms with Gasteiger partial charge < -0.3 is 4.74 Å². The van der Waals surface area contributed by atoms with E-state index in [0.29, 0.717) is 12.1 Å². The molecule has 1 fully saturated rings. The normalized spacial score (nSPS) is 18.8. The second-order valence-electron chi connectivity index (χ2n) is 4.32. The standard InChI is InChI=1S/C12H14F2N2O2/c1-18-11(17)10-9(3-2-5-15-10)7-16-6-4-12(13,14)8-16/h2-3,5H,4,6-8H2,1H3. The van der Waals surface area contributed by atoms with Gasteiger partial charge in [0, 0.05) is 25.7 Å². The molecule has 1 aliphatic heterocycles. The summed E-state index contributed by atoms with van der Waals surface area (Å²) in [7, 11) is 1.27. The number of methoxy groups -OCH3 is 1. The molecule has 1 aromatic rings. The van der Waals surface area contributed by atoms with Crippen molar-refractivity contribution >= 4 is 5.97 Å². The van der Waals surface area contributed by atoms with E-state index in [1.54, 1.807) is 17.0 Å². The summed E-state index contributed by atoms with van der Waals surface area (Å²) in [5.74, 6) is -3.18. The molecular weight excluding hydrogens is 242 g/mol. The molecule has 0 spiro atoms. The minimum absolute atomic E-state index is 0.138. The molecule has 0 saturated carbocycles. The third-order valence-electron chi connectivity index (χ3n) is 2.91. The van der Waals surface area contributed by atoms with E-state index in [1.807, 2.05) is 0 Å². The van der Waals surface area contributed by atoms with Crippen molar-refractivity contribution in [3.8, 4) is 0 Å². The highest BCUT2D eigenvalue weighted by molar-refractivity contribution is 5.88. The van der Waals surface area contributed by atoms with Crippen LogP contribution in [0, 0.1) is 0 Å². The zero-order valence-electron chi connectivity index (χ0n) is 10.0. The van der Waals surface area contributed by atoms with E-state index in [4.69, 9.17) is 0 Å². The largest absolute Gasteiger partial charge is 0.464 e. The van der Waals surface area contributed by atoms with Gasteiger partial charge in [-0.1, -0.05) is 6.07 Å². The number of hydrogen-bond acceptors (Lipinski definition) is 4. The number of ether oxygens (including phenoxy) is 1. The molecule has 18 heavy (non-hydrogen) atoms. The Morgan fingerprint density at radius 2 is 2.39 bits per heavy atom. The first-order valence-electron chi connectivity index (χ1n) is 5.64. The molecule has 1 saturated heterocycles. The second kappa shape index (κ2) is 4.97. The molecule has 0 atom stereocenters. The second-order valence-corrected chi connectivity index (χ2v) is 4.32. The van der Waals surface area contributed by atoms with Gasteiger partial charge in [-0.15, -0.1) is 0 Å². The number of likely N-dealkylation sites (tertiary alicyclic amines) is 1. The van der Waals surface area contributed by atoms with Crippen LogP contribution in [-0.4, -0.2) is 42.0 Å². The molecule has 0 N–H and O–H groups in total. The summed E-state index contributed by atoms with van der Waals surface area (Å²) in [5, 5.41) is 0. The van der Waals surface area contributed by atoms with Crippen molar-refractivity contribution in [2.45, 2.75) is 18.9 Å². The summed E-state index contributed by atoms with van der Waals surface area (Å²) in [6.45, 7) is 0.332. The Kier molecular flexibility index (Phi) is 3.56. The van der Waals surface area contributed by atoms with E-state index in [0.717, 1.165) is 0 Å². The number of nitrogens with zero attached hydrogens (tertiary/aromatic N) is 2. The fourth-order valence-corrected chi connectivity index (χ4v) is 2.03. The van der Waals surface area contributed by atoms with Gasteiger partial charge in [0.15, 0.2) is 5.69 Å². The predicted octanol–water partition coefficient (Wildman–Crippen LogP) is 1.71. The van der Waals surface area contributed by atoms with Crippen molar-refractivity contribution in [2.75, 3.05) is 20.2 Å². The Labute approximate surface area is 104 Å². The van der Waals surface area contributed by atoms with E-state index in [-0.39, 0.29) is 25.2 Å². The van der Waals surface area contributed by atoms with Gasteiger partial charge in [-0.2, -0.15) is 0 Å². The molecule has 6 heteroatoms. The molecule has 4 nitrogen and oxygen atoms in total. The maximum Gasteiger partial charge on any atom is 0.356 e. The number of aromatic nitrogens is 1. The Balaban J connectivity index is 2.12. The lowest BCUT2D eigenvalue weighted by Gasteiger charge is -2.16. The molecule has 0 unspecified atom stereocenters. The number of carbonyl (C=O) groups excluding carboxylic acids is 1. The van der Waals surface area contributed by atoms with Gasteiger partial charge in [-0.3, -0.25) is 4.90 Å². The minimum atomic E-state index is -2.63. The first-order valence-corrected chi connectivity index (χ1v) is 5.64. The molecule has 0 aromatic carbocycles. The highest BCUT2D eigenvalue weighted by Crippen LogP contribution is 2.28. The third-order valence-corrected chi connectivity index (χ3v) is 2.91. The van der Waals surface area contributed by atoms with Crippen molar-refractivity contribution in [1.82, 2.24) is 9.88 Å². The highest BCUT2D eigenvalue weighted by Gasteiger charge is 2.38. The quantitative estimate of drug-likeness (QED) is 0.772. The van der Waals surface area contributed by atoms with Gasteiger partial charge in [0.2, 0.25) is 0 Å². The highest BCUT2D eigenvalue weighted by atomic mass is 19.3. The van der Waals surface area contributed by atoms with Gasteiger partial charge in [0.25, 0.3) is 5.92 Å². The average molecular weight is 256 g/mol. The Hall–Kier alpha value is -1.56. The topological polar surface area (TPSA) is 42.4 Å². The summed E-state index contributed by atoms with van der Waals surface area (Å²) >= 11 is 0. The van der Waals surface area contributed by atoms with Crippen LogP contribution in [0.15, 0.2) is 18.3 Å². The van der Waals surface area contributed by atoms with Gasteiger partial charge >= 0.3 is 5.97 Å². The number of rotatable bonds is 3. The monoisotopic (exact) mass is 256 g/mol. The maximum absolute atomic E-state index is 13.1. The van der Waals surface area contributed by atoms with E-state index in [9.17, 15) is 13.6 Å². The van der Waals surface area contributed by atoms with Gasteiger partial charge in [-0.05, 0) is 11.6 Å². The average Bonchev–Trinajstić information content (AvgIpc) is 2.68. The Morgan fingerprint density at radius 1 is 1.61 bits per heavy atom. The number of carbonyl (C=O) groups is 1. The summed E-state index contributed by atoms with van der Waals surface area (Å²) in [4.78, 5) is 17.0. The lowest BCUT2D eigenvalue weighted by Crippen LogP contribution is -2.26. The summed E-state index contributed by atoms with van der Waals surface area (Å²) in [6, 6.07) is 3.38. The van der Waals surface area contributed by atoms with E-state index >= 15 is 0 Å². The van der Waals surface area contributed by atoms with Crippen LogP contribution in [0.5, 0.6) is 0 Å². The zero-order valence-corrected chi connectivity index (χ0v) is 10.0. The van der Waals surface area contributed by atoms with Gasteiger partial charge in [0.05, 0.1) is 13.7 Å². The van der Waals surface area contributed by atoms with Crippen LogP contribution in [0.3, 0.4) is 0 Å². The minimum Gasteiger partial charge on any atom is -0.464 e. The van der Waals surface area contributed by atoms with Crippen molar-refractivity contribution in [1.29, 1.82) is 0 Å². The van der Waals surface area contributed by atoms with Crippen molar-refractivity contribution in [3.05, 3.63) is 29.6 Å². The molecule has 0 radical (unpaired) electrons. The van der Waals surface area contributed by atoms with Crippen LogP contribution in [0.2, 0.25) is 0 Å². The fraction of sp³-hybridized carbons (Fsp3) is 0.500. The molecule has 0 bridgehead atoms. The number of pyridine rings is 1. The maximum atomic E-state index is 13.1. The van der Waals surface area contributed by atoms with Crippen LogP contribution in [0.25, 0.3) is 0 Å². The van der Waals surface area contributed by atoms with Gasteiger partial charge in [-0.25, -0.2) is 18.6 Å². The smallest absolute Gasteiger partial charge is 0.356 e. The number of hydrogen-bond donors (Lipinski definition) is 0. The van der Waals surface area contributed by atoms with E-state index in [2.05, 4.69) is 9.72 Å². The Bertz CT molecular complexity index is 451. The summed E-state index contributed by atoms with van der Waals surface area (Å²) < 4.78 is 30.8. The lowest BCUT2D eigenvalue weighted by molar-refractivity contribution is 0.0115. The predicted molar refractivity (Wildman–Crippen MR) is 60.4 cm³/mol. The summed E-state index contributed by atoms with van der Waals surface area (Å²) in [5.41, 5.74) is 0.803. The summed E-state index contributed by atoms with van der Waals surface area (Å²) in [6.07, 6.45) is 1.34. The van der Waals surface area contributed by atoms with Crippen LogP contribution >= 0.6 is 0 Å². The van der Waals surface area contributed by atoms with Crippen LogP contribution < -0.4 is 0 Å². The molecule has 1 aromatic heterocycles. The van der Waals surface area contributed by atoms with Gasteiger partial charge in [0.1, 0.15) is 0 Å². The molecule has 1 aliphatic rings. The van der Waals surface area contributed by atoms with Crippen molar-refractivity contribution in [3.63, 3.8) is 0 Å². The lowest BCUT2D eigenvalue weighted by atomic mass is 10.2. The van der Waals surface area contributed by atoms with E-state index in [1.165, 1.54) is 13.3 Å². The van der Waals surface area contributed by atoms with Crippen molar-refractivity contribution in [2.24, 2.45) is 0 Å². The number of esters is 1. The third kappa shape index (κ3) is 2.81. The molecule has 0 amide bonds. The first-order chi connectivity index (χ1) is 8.52. The molecule has 98 valence electrons. The zero-order chi connectivity index (χ0) is 13.2. The SMILES string of the molecule is COC(=O)c1ncccc1CN1CCC(F)(F)C1. The fourth-order valence-electron chi connectivity index (χ4n) is 2.03.